The van der Waals surface area contributed by atoms with Crippen molar-refractivity contribution in [1.29, 1.82) is 0 Å². The monoisotopic (exact) mass is 512 g/mol. The molecule has 2 amide bonds. The van der Waals surface area contributed by atoms with Gasteiger partial charge in [-0.3, -0.25) is 19.4 Å². The van der Waals surface area contributed by atoms with Gasteiger partial charge in [-0.1, -0.05) is 11.6 Å². The quantitative estimate of drug-likeness (QED) is 0.223. The van der Waals surface area contributed by atoms with Crippen LogP contribution in [0.1, 0.15) is 28.4 Å². The van der Waals surface area contributed by atoms with E-state index in [1.54, 1.807) is 0 Å². The molecule has 0 aliphatic carbocycles. The van der Waals surface area contributed by atoms with E-state index in [1.165, 1.54) is 30.6 Å². The van der Waals surface area contributed by atoms with E-state index in [-0.39, 0.29) is 38.0 Å². The fourth-order valence-corrected chi connectivity index (χ4v) is 3.37. The number of phenols is 1. The number of carbonyl (C=O) groups excluding carboxylic acids is 2. The first-order valence-corrected chi connectivity index (χ1v) is 9.76. The third kappa shape index (κ3) is 7.12. The molecule has 1 aromatic carbocycles. The lowest BCUT2D eigenvalue weighted by Gasteiger charge is -2.19. The van der Waals surface area contributed by atoms with E-state index in [1.807, 2.05) is 0 Å². The summed E-state index contributed by atoms with van der Waals surface area (Å²) in [5.41, 5.74) is 11.0. The van der Waals surface area contributed by atoms with Gasteiger partial charge in [0.05, 0.1) is 40.9 Å². The van der Waals surface area contributed by atoms with Gasteiger partial charge in [0.1, 0.15) is 5.75 Å². The zero-order valence-corrected chi connectivity index (χ0v) is 18.1. The Morgan fingerprint density at radius 3 is 2.58 bits per heavy atom. The predicted octanol–water partition coefficient (Wildman–Crippen LogP) is 1.17. The van der Waals surface area contributed by atoms with Gasteiger partial charge in [0.25, 0.3) is 5.91 Å². The molecule has 1 aromatic heterocycles. The molecule has 0 saturated heterocycles. The SMILES string of the molecule is NC(N)=Nc1cncc(C(=O)NCC(=O)NC(CC(=O)O)c2cc(Cl)cc(Br)c2O)c1. The fraction of sp³-hybridized carbons (Fsp3) is 0.167. The highest BCUT2D eigenvalue weighted by molar-refractivity contribution is 9.10. The Morgan fingerprint density at radius 2 is 1.94 bits per heavy atom. The van der Waals surface area contributed by atoms with Crippen molar-refractivity contribution in [2.45, 2.75) is 12.5 Å². The Balaban J connectivity index is 2.09. The van der Waals surface area contributed by atoms with E-state index in [4.69, 9.17) is 28.2 Å². The average Bonchev–Trinajstić information content (AvgIpc) is 2.67. The highest BCUT2D eigenvalue weighted by Crippen LogP contribution is 2.36. The molecule has 0 spiro atoms. The van der Waals surface area contributed by atoms with E-state index in [0.29, 0.717) is 0 Å². The molecule has 11 nitrogen and oxygen atoms in total. The molecular weight excluding hydrogens is 496 g/mol. The van der Waals surface area contributed by atoms with E-state index in [0.717, 1.165) is 0 Å². The summed E-state index contributed by atoms with van der Waals surface area (Å²) < 4.78 is 0.237. The van der Waals surface area contributed by atoms with Crippen molar-refractivity contribution >= 4 is 57.0 Å². The van der Waals surface area contributed by atoms with Crippen LogP contribution in [0.3, 0.4) is 0 Å². The first-order chi connectivity index (χ1) is 14.6. The van der Waals surface area contributed by atoms with Gasteiger partial charge in [-0.2, -0.15) is 0 Å². The van der Waals surface area contributed by atoms with Crippen LogP contribution < -0.4 is 22.1 Å². The molecule has 0 aliphatic rings. The van der Waals surface area contributed by atoms with Crippen LogP contribution in [0.5, 0.6) is 5.75 Å². The number of aromatic hydroxyl groups is 1. The maximum atomic E-state index is 12.3. The minimum Gasteiger partial charge on any atom is -0.506 e. The highest BCUT2D eigenvalue weighted by atomic mass is 79.9. The number of hydrogen-bond acceptors (Lipinski definition) is 6. The van der Waals surface area contributed by atoms with Crippen LogP contribution in [-0.2, 0) is 9.59 Å². The van der Waals surface area contributed by atoms with E-state index < -0.39 is 36.8 Å². The summed E-state index contributed by atoms with van der Waals surface area (Å²) in [6.07, 6.45) is 2.08. The van der Waals surface area contributed by atoms with Gasteiger partial charge in [-0.15, -0.1) is 0 Å². The van der Waals surface area contributed by atoms with Gasteiger partial charge in [0, 0.05) is 16.8 Å². The Labute approximate surface area is 189 Å². The second-order valence-electron chi connectivity index (χ2n) is 6.19. The molecular formula is C18H18BrClN6O5. The van der Waals surface area contributed by atoms with Crippen LogP contribution in [0.15, 0.2) is 40.1 Å². The second-order valence-corrected chi connectivity index (χ2v) is 7.49. The van der Waals surface area contributed by atoms with E-state index in [2.05, 4.69) is 36.5 Å². The predicted molar refractivity (Wildman–Crippen MR) is 116 cm³/mol. The van der Waals surface area contributed by atoms with E-state index in [9.17, 15) is 19.5 Å². The zero-order chi connectivity index (χ0) is 23.1. The third-order valence-electron chi connectivity index (χ3n) is 3.80. The number of carbonyl (C=O) groups is 3. The standard InChI is InChI=1S/C18H18BrClN6O5/c19-12-3-9(20)2-11(16(12)30)13(4-15(28)29)26-14(27)7-24-17(31)8-1-10(6-23-5-8)25-18(21)22/h1-3,5-6,13,30H,4,7H2,(H,24,31)(H,26,27)(H,28,29)(H4,21,22,25). The Bertz CT molecular complexity index is 1040. The van der Waals surface area contributed by atoms with Crippen LogP contribution >= 0.6 is 27.5 Å². The first-order valence-electron chi connectivity index (χ1n) is 8.58. The number of rotatable bonds is 8. The van der Waals surface area contributed by atoms with Crippen LogP contribution in [0.2, 0.25) is 5.02 Å². The summed E-state index contributed by atoms with van der Waals surface area (Å²) in [5.74, 6) is -3.00. The molecule has 13 heteroatoms. The molecule has 2 aromatic rings. The Kier molecular flexibility index (Phi) is 8.16. The number of nitrogens with two attached hydrogens (primary N) is 2. The lowest BCUT2D eigenvalue weighted by molar-refractivity contribution is -0.137. The molecule has 0 radical (unpaired) electrons. The highest BCUT2D eigenvalue weighted by Gasteiger charge is 2.23. The normalized spacial score (nSPS) is 11.3. The largest absolute Gasteiger partial charge is 0.506 e. The molecule has 0 fully saturated rings. The van der Waals surface area contributed by atoms with Gasteiger partial charge in [0.2, 0.25) is 5.91 Å². The van der Waals surface area contributed by atoms with Crippen molar-refractivity contribution in [3.8, 4) is 5.75 Å². The number of halogens is 2. The lowest BCUT2D eigenvalue weighted by atomic mass is 10.0. The Hall–Kier alpha value is -3.38. The zero-order valence-electron chi connectivity index (χ0n) is 15.8. The number of aliphatic carboxylic acids is 1. The summed E-state index contributed by atoms with van der Waals surface area (Å²) in [7, 11) is 0. The van der Waals surface area contributed by atoms with Crippen molar-refractivity contribution < 1.29 is 24.6 Å². The topological polar surface area (TPSA) is 193 Å². The van der Waals surface area contributed by atoms with Gasteiger partial charge >= 0.3 is 5.97 Å². The molecule has 1 atom stereocenters. The number of benzene rings is 1. The molecule has 8 N–H and O–H groups in total. The van der Waals surface area contributed by atoms with Gasteiger partial charge < -0.3 is 32.3 Å². The number of aromatic nitrogens is 1. The lowest BCUT2D eigenvalue weighted by Crippen LogP contribution is -2.39. The first kappa shape index (κ1) is 23.9. The smallest absolute Gasteiger partial charge is 0.305 e. The molecule has 0 aliphatic heterocycles. The summed E-state index contributed by atoms with van der Waals surface area (Å²) in [6.45, 7) is -0.468. The fourth-order valence-electron chi connectivity index (χ4n) is 2.54. The van der Waals surface area contributed by atoms with Crippen molar-refractivity contribution in [2.75, 3.05) is 6.54 Å². The number of phenolic OH excluding ortho intramolecular Hbond substituents is 1. The minimum absolute atomic E-state index is 0.105. The van der Waals surface area contributed by atoms with Gasteiger partial charge in [-0.25, -0.2) is 4.99 Å². The number of nitrogens with one attached hydrogen (secondary N) is 2. The van der Waals surface area contributed by atoms with Crippen LogP contribution in [-0.4, -0.2) is 45.5 Å². The molecule has 164 valence electrons. The third-order valence-corrected chi connectivity index (χ3v) is 4.62. The number of nitrogens with zero attached hydrogens (tertiary/aromatic N) is 2. The summed E-state index contributed by atoms with van der Waals surface area (Å²) in [4.78, 5) is 43.4. The Morgan fingerprint density at radius 1 is 1.23 bits per heavy atom. The number of hydrogen-bond donors (Lipinski definition) is 6. The number of carboxylic acid groups (broad SMARTS) is 1. The van der Waals surface area contributed by atoms with Gasteiger partial charge in [-0.05, 0) is 34.1 Å². The van der Waals surface area contributed by atoms with Crippen molar-refractivity contribution in [3.63, 3.8) is 0 Å². The molecule has 2 rings (SSSR count). The summed E-state index contributed by atoms with van der Waals surface area (Å²) in [5, 5.41) is 24.4. The number of pyridine rings is 1. The molecule has 31 heavy (non-hydrogen) atoms. The number of amides is 2. The van der Waals surface area contributed by atoms with Crippen molar-refractivity contribution in [3.05, 3.63) is 51.2 Å². The minimum atomic E-state index is -1.22. The number of aliphatic imine (C=N–C) groups is 1. The van der Waals surface area contributed by atoms with Crippen LogP contribution in [0, 0.1) is 0 Å². The molecule has 1 unspecified atom stereocenters. The van der Waals surface area contributed by atoms with Crippen molar-refractivity contribution in [2.24, 2.45) is 16.5 Å². The van der Waals surface area contributed by atoms with Gasteiger partial charge in [0.15, 0.2) is 5.96 Å². The summed E-state index contributed by atoms with van der Waals surface area (Å²) >= 11 is 9.08. The molecule has 1 heterocycles. The van der Waals surface area contributed by atoms with Crippen LogP contribution in [0.25, 0.3) is 0 Å². The maximum Gasteiger partial charge on any atom is 0.305 e. The molecule has 0 saturated carbocycles. The summed E-state index contributed by atoms with van der Waals surface area (Å²) in [6, 6.07) is 3.04. The number of guanidine groups is 1. The number of carboxylic acids is 1. The maximum absolute atomic E-state index is 12.3. The van der Waals surface area contributed by atoms with E-state index >= 15 is 0 Å². The molecule has 0 bridgehead atoms. The van der Waals surface area contributed by atoms with Crippen molar-refractivity contribution in [1.82, 2.24) is 15.6 Å². The second kappa shape index (κ2) is 10.6. The average molecular weight is 514 g/mol. The van der Waals surface area contributed by atoms with Crippen LogP contribution in [0.4, 0.5) is 5.69 Å².